The first-order chi connectivity index (χ1) is 9.10. The molecule has 0 aliphatic heterocycles. The second kappa shape index (κ2) is 6.13. The van der Waals surface area contributed by atoms with Crippen LogP contribution >= 0.6 is 11.6 Å². The van der Waals surface area contributed by atoms with Gasteiger partial charge < -0.3 is 14.6 Å². The monoisotopic (exact) mass is 278 g/mol. The third-order valence-corrected chi connectivity index (χ3v) is 3.24. The van der Waals surface area contributed by atoms with Gasteiger partial charge in [0.1, 0.15) is 11.5 Å². The molecule has 0 aliphatic carbocycles. The van der Waals surface area contributed by atoms with Crippen LogP contribution in [-0.2, 0) is 13.1 Å². The van der Waals surface area contributed by atoms with E-state index in [4.69, 9.17) is 16.0 Å². The van der Waals surface area contributed by atoms with Crippen LogP contribution in [0.25, 0.3) is 0 Å². The molecule has 0 bridgehead atoms. The molecule has 1 heterocycles. The predicted octanol–water partition coefficient (Wildman–Crippen LogP) is 3.60. The Morgan fingerprint density at radius 1 is 1.26 bits per heavy atom. The quantitative estimate of drug-likeness (QED) is 0.906. The van der Waals surface area contributed by atoms with E-state index in [0.717, 1.165) is 35.3 Å². The molecule has 0 spiro atoms. The van der Waals surface area contributed by atoms with Gasteiger partial charge in [-0.1, -0.05) is 11.6 Å². The number of benzene rings is 1. The normalized spacial score (nSPS) is 10.7. The van der Waals surface area contributed by atoms with Crippen molar-refractivity contribution in [3.8, 4) is 0 Å². The van der Waals surface area contributed by atoms with E-state index in [-0.39, 0.29) is 0 Å². The van der Waals surface area contributed by atoms with Crippen LogP contribution in [0.15, 0.2) is 34.7 Å². The lowest BCUT2D eigenvalue weighted by Crippen LogP contribution is -2.19. The van der Waals surface area contributed by atoms with Gasteiger partial charge in [0, 0.05) is 24.3 Å². The lowest BCUT2D eigenvalue weighted by molar-refractivity contribution is 0.481. The molecule has 2 rings (SSSR count). The standard InChI is InChI=1S/C15H19ClN2O/c1-11-4-6-14(19-11)10-18(3)15-7-5-13(16)8-12(15)9-17-2/h4-8,17H,9-10H2,1-3H3. The molecule has 0 aliphatic rings. The Bertz CT molecular complexity index is 551. The average molecular weight is 279 g/mol. The van der Waals surface area contributed by atoms with Crippen LogP contribution < -0.4 is 10.2 Å². The van der Waals surface area contributed by atoms with Gasteiger partial charge in [0.15, 0.2) is 0 Å². The molecule has 4 heteroatoms. The molecule has 0 saturated heterocycles. The van der Waals surface area contributed by atoms with Crippen molar-refractivity contribution in [2.45, 2.75) is 20.0 Å². The SMILES string of the molecule is CNCc1cc(Cl)ccc1N(C)Cc1ccc(C)o1. The number of halogens is 1. The van der Waals surface area contributed by atoms with Crippen molar-refractivity contribution >= 4 is 17.3 Å². The highest BCUT2D eigenvalue weighted by atomic mass is 35.5. The zero-order valence-electron chi connectivity index (χ0n) is 11.5. The van der Waals surface area contributed by atoms with E-state index in [0.29, 0.717) is 0 Å². The molecule has 0 unspecified atom stereocenters. The van der Waals surface area contributed by atoms with Crippen LogP contribution in [0.2, 0.25) is 5.02 Å². The minimum atomic E-state index is 0.742. The van der Waals surface area contributed by atoms with Gasteiger partial charge in [0.25, 0.3) is 0 Å². The summed E-state index contributed by atoms with van der Waals surface area (Å²) < 4.78 is 5.62. The summed E-state index contributed by atoms with van der Waals surface area (Å²) in [5, 5.41) is 3.93. The number of aryl methyl sites for hydroxylation is 1. The fraction of sp³-hybridized carbons (Fsp3) is 0.333. The van der Waals surface area contributed by atoms with Gasteiger partial charge in [-0.05, 0) is 49.9 Å². The minimum absolute atomic E-state index is 0.742. The fourth-order valence-corrected chi connectivity index (χ4v) is 2.34. The Balaban J connectivity index is 2.20. The van der Waals surface area contributed by atoms with E-state index in [9.17, 15) is 0 Å². The van der Waals surface area contributed by atoms with E-state index < -0.39 is 0 Å². The number of hydrogen-bond acceptors (Lipinski definition) is 3. The third-order valence-electron chi connectivity index (χ3n) is 3.01. The maximum atomic E-state index is 6.06. The molecule has 0 saturated carbocycles. The Hall–Kier alpha value is -1.45. The molecule has 102 valence electrons. The van der Waals surface area contributed by atoms with E-state index >= 15 is 0 Å². The molecule has 1 aromatic carbocycles. The van der Waals surface area contributed by atoms with Crippen molar-refractivity contribution in [3.05, 3.63) is 52.4 Å². The molecule has 1 N–H and O–H groups in total. The van der Waals surface area contributed by atoms with Crippen molar-refractivity contribution in [1.82, 2.24) is 5.32 Å². The molecule has 0 fully saturated rings. The molecule has 19 heavy (non-hydrogen) atoms. The summed E-state index contributed by atoms with van der Waals surface area (Å²) in [7, 11) is 3.99. The van der Waals surface area contributed by atoms with E-state index in [1.807, 2.05) is 44.3 Å². The van der Waals surface area contributed by atoms with Crippen LogP contribution in [-0.4, -0.2) is 14.1 Å². The van der Waals surface area contributed by atoms with Crippen molar-refractivity contribution in [1.29, 1.82) is 0 Å². The first-order valence-electron chi connectivity index (χ1n) is 6.29. The van der Waals surface area contributed by atoms with Crippen molar-refractivity contribution in [2.75, 3.05) is 19.0 Å². The fourth-order valence-electron chi connectivity index (χ4n) is 2.15. The summed E-state index contributed by atoms with van der Waals surface area (Å²) in [6.07, 6.45) is 0. The molecule has 1 aromatic heterocycles. The van der Waals surface area contributed by atoms with E-state index in [1.165, 1.54) is 5.56 Å². The lowest BCUT2D eigenvalue weighted by Gasteiger charge is -2.21. The van der Waals surface area contributed by atoms with Gasteiger partial charge in [-0.15, -0.1) is 0 Å². The number of nitrogens with zero attached hydrogens (tertiary/aromatic N) is 1. The lowest BCUT2D eigenvalue weighted by atomic mass is 10.1. The molecule has 0 atom stereocenters. The minimum Gasteiger partial charge on any atom is -0.464 e. The largest absolute Gasteiger partial charge is 0.464 e. The maximum absolute atomic E-state index is 6.06. The van der Waals surface area contributed by atoms with E-state index in [1.54, 1.807) is 0 Å². The first-order valence-corrected chi connectivity index (χ1v) is 6.67. The Labute approximate surface area is 119 Å². The topological polar surface area (TPSA) is 28.4 Å². The van der Waals surface area contributed by atoms with Crippen molar-refractivity contribution in [3.63, 3.8) is 0 Å². The number of hydrogen-bond donors (Lipinski definition) is 1. The molecule has 0 radical (unpaired) electrons. The van der Waals surface area contributed by atoms with Crippen molar-refractivity contribution in [2.24, 2.45) is 0 Å². The summed E-state index contributed by atoms with van der Waals surface area (Å²) in [6, 6.07) is 9.96. The zero-order valence-corrected chi connectivity index (χ0v) is 12.3. The van der Waals surface area contributed by atoms with E-state index in [2.05, 4.69) is 17.3 Å². The summed E-state index contributed by atoms with van der Waals surface area (Å²) in [5.41, 5.74) is 2.34. The van der Waals surface area contributed by atoms with Gasteiger partial charge in [0.05, 0.1) is 6.54 Å². The maximum Gasteiger partial charge on any atom is 0.123 e. The number of furan rings is 1. The zero-order chi connectivity index (χ0) is 13.8. The van der Waals surface area contributed by atoms with Gasteiger partial charge in [-0.25, -0.2) is 0 Å². The summed E-state index contributed by atoms with van der Waals surface area (Å²) in [5.74, 6) is 1.90. The number of nitrogens with one attached hydrogen (secondary N) is 1. The van der Waals surface area contributed by atoms with Crippen LogP contribution in [0.1, 0.15) is 17.1 Å². The van der Waals surface area contributed by atoms with Crippen LogP contribution in [0.5, 0.6) is 0 Å². The third kappa shape index (κ3) is 3.52. The van der Waals surface area contributed by atoms with Crippen LogP contribution in [0.3, 0.4) is 0 Å². The second-order valence-electron chi connectivity index (χ2n) is 4.67. The second-order valence-corrected chi connectivity index (χ2v) is 5.11. The van der Waals surface area contributed by atoms with Crippen LogP contribution in [0.4, 0.5) is 5.69 Å². The molecule has 0 amide bonds. The Kier molecular flexibility index (Phi) is 4.51. The first kappa shape index (κ1) is 14.0. The predicted molar refractivity (Wildman–Crippen MR) is 79.8 cm³/mol. The highest BCUT2D eigenvalue weighted by Crippen LogP contribution is 2.25. The summed E-state index contributed by atoms with van der Waals surface area (Å²) >= 11 is 6.06. The van der Waals surface area contributed by atoms with Gasteiger partial charge in [0.2, 0.25) is 0 Å². The smallest absolute Gasteiger partial charge is 0.123 e. The highest BCUT2D eigenvalue weighted by Gasteiger charge is 2.10. The summed E-state index contributed by atoms with van der Waals surface area (Å²) in [6.45, 7) is 3.49. The summed E-state index contributed by atoms with van der Waals surface area (Å²) in [4.78, 5) is 2.17. The molecular formula is C15H19ClN2O. The van der Waals surface area contributed by atoms with Gasteiger partial charge in [-0.3, -0.25) is 0 Å². The number of rotatable bonds is 5. The van der Waals surface area contributed by atoms with Crippen molar-refractivity contribution < 1.29 is 4.42 Å². The average Bonchev–Trinajstić information content (AvgIpc) is 2.75. The Morgan fingerprint density at radius 3 is 2.68 bits per heavy atom. The Morgan fingerprint density at radius 2 is 2.05 bits per heavy atom. The van der Waals surface area contributed by atoms with Gasteiger partial charge >= 0.3 is 0 Å². The van der Waals surface area contributed by atoms with Crippen LogP contribution in [0, 0.1) is 6.92 Å². The van der Waals surface area contributed by atoms with Gasteiger partial charge in [-0.2, -0.15) is 0 Å². The highest BCUT2D eigenvalue weighted by molar-refractivity contribution is 6.30. The molecule has 2 aromatic rings. The number of anilines is 1. The molecular weight excluding hydrogens is 260 g/mol. The molecule has 3 nitrogen and oxygen atoms in total.